The highest BCUT2D eigenvalue weighted by atomic mass is 16.5. The fourth-order valence-electron chi connectivity index (χ4n) is 3.31. The first-order valence-corrected chi connectivity index (χ1v) is 7.71. The van der Waals surface area contributed by atoms with Gasteiger partial charge in [0, 0.05) is 11.4 Å². The van der Waals surface area contributed by atoms with Crippen LogP contribution in [0.3, 0.4) is 0 Å². The van der Waals surface area contributed by atoms with Gasteiger partial charge in [-0.2, -0.15) is 15.3 Å². The van der Waals surface area contributed by atoms with E-state index in [1.165, 1.54) is 0 Å². The van der Waals surface area contributed by atoms with Gasteiger partial charge in [0.1, 0.15) is 5.41 Å². The summed E-state index contributed by atoms with van der Waals surface area (Å²) in [5.74, 6) is 0.852. The van der Waals surface area contributed by atoms with E-state index < -0.39 is 5.41 Å². The van der Waals surface area contributed by atoms with Gasteiger partial charge in [-0.15, -0.1) is 0 Å². The molecule has 3 aromatic heterocycles. The molecule has 23 heavy (non-hydrogen) atoms. The van der Waals surface area contributed by atoms with Crippen molar-refractivity contribution in [3.63, 3.8) is 0 Å². The summed E-state index contributed by atoms with van der Waals surface area (Å²) in [6.45, 7) is 3.91. The molecule has 3 heterocycles. The van der Waals surface area contributed by atoms with Crippen LogP contribution in [-0.4, -0.2) is 24.7 Å². The van der Waals surface area contributed by atoms with Crippen LogP contribution in [0.2, 0.25) is 0 Å². The molecule has 0 radical (unpaired) electrons. The second-order valence-corrected chi connectivity index (χ2v) is 6.16. The summed E-state index contributed by atoms with van der Waals surface area (Å²) in [7, 11) is 0. The van der Waals surface area contributed by atoms with Gasteiger partial charge in [-0.1, -0.05) is 18.0 Å². The van der Waals surface area contributed by atoms with Crippen LogP contribution < -0.4 is 0 Å². The molecule has 0 atom stereocenters. The third-order valence-electron chi connectivity index (χ3n) is 4.53. The average Bonchev–Trinajstić information content (AvgIpc) is 3.25. The first kappa shape index (κ1) is 13.9. The minimum atomic E-state index is -0.631. The van der Waals surface area contributed by atoms with Crippen LogP contribution in [0.15, 0.2) is 16.8 Å². The van der Waals surface area contributed by atoms with Gasteiger partial charge in [-0.25, -0.2) is 9.50 Å². The second kappa shape index (κ2) is 4.88. The predicted molar refractivity (Wildman–Crippen MR) is 81.5 cm³/mol. The quantitative estimate of drug-likeness (QED) is 0.722. The summed E-state index contributed by atoms with van der Waals surface area (Å²) in [4.78, 5) is 9.02. The molecule has 7 nitrogen and oxygen atoms in total. The Hall–Kier alpha value is -2.75. The van der Waals surface area contributed by atoms with E-state index in [-0.39, 0.29) is 0 Å². The summed E-state index contributed by atoms with van der Waals surface area (Å²) >= 11 is 0. The Kier molecular flexibility index (Phi) is 2.94. The lowest BCUT2D eigenvalue weighted by Gasteiger charge is -2.13. The lowest BCUT2D eigenvalue weighted by Crippen LogP contribution is -2.19. The summed E-state index contributed by atoms with van der Waals surface area (Å²) in [5, 5.41) is 18.0. The van der Waals surface area contributed by atoms with Gasteiger partial charge in [0.25, 0.3) is 0 Å². The maximum Gasteiger partial charge on any atom is 0.247 e. The smallest absolute Gasteiger partial charge is 0.247 e. The third kappa shape index (κ3) is 2.02. The van der Waals surface area contributed by atoms with Crippen LogP contribution in [0, 0.1) is 25.2 Å². The highest BCUT2D eigenvalue weighted by Crippen LogP contribution is 2.40. The van der Waals surface area contributed by atoms with Gasteiger partial charge in [0.2, 0.25) is 11.7 Å². The van der Waals surface area contributed by atoms with Crippen molar-refractivity contribution in [2.75, 3.05) is 0 Å². The SMILES string of the molecule is Cc1cc(C)n2ncc(-c3noc(C4(C#N)CCCC4)n3)c2n1. The zero-order valence-electron chi connectivity index (χ0n) is 13.1. The Morgan fingerprint density at radius 2 is 2.04 bits per heavy atom. The number of hydrogen-bond acceptors (Lipinski definition) is 6. The molecule has 3 aromatic rings. The first-order chi connectivity index (χ1) is 11.1. The van der Waals surface area contributed by atoms with Crippen molar-refractivity contribution in [3.05, 3.63) is 29.5 Å². The van der Waals surface area contributed by atoms with E-state index in [2.05, 4.69) is 26.3 Å². The van der Waals surface area contributed by atoms with Crippen molar-refractivity contribution in [3.8, 4) is 17.5 Å². The van der Waals surface area contributed by atoms with Crippen molar-refractivity contribution in [1.29, 1.82) is 5.26 Å². The van der Waals surface area contributed by atoms with Crippen molar-refractivity contribution in [2.45, 2.75) is 44.9 Å². The van der Waals surface area contributed by atoms with E-state index >= 15 is 0 Å². The van der Waals surface area contributed by atoms with E-state index in [0.29, 0.717) is 17.4 Å². The van der Waals surface area contributed by atoms with Crippen LogP contribution in [-0.2, 0) is 5.41 Å². The maximum atomic E-state index is 9.55. The van der Waals surface area contributed by atoms with Gasteiger partial charge in [-0.05, 0) is 32.8 Å². The molecule has 1 aliphatic carbocycles. The molecule has 0 aromatic carbocycles. The molecule has 4 rings (SSSR count). The van der Waals surface area contributed by atoms with Crippen LogP contribution in [0.25, 0.3) is 17.0 Å². The molecule has 0 saturated heterocycles. The Labute approximate surface area is 133 Å². The Balaban J connectivity index is 1.83. The number of rotatable bonds is 2. The molecular weight excluding hydrogens is 292 g/mol. The number of fused-ring (bicyclic) bond motifs is 1. The molecule has 1 aliphatic rings. The average molecular weight is 308 g/mol. The van der Waals surface area contributed by atoms with Crippen LogP contribution in [0.4, 0.5) is 0 Å². The van der Waals surface area contributed by atoms with Crippen molar-refractivity contribution >= 4 is 5.65 Å². The largest absolute Gasteiger partial charge is 0.337 e. The third-order valence-corrected chi connectivity index (χ3v) is 4.53. The highest BCUT2D eigenvalue weighted by molar-refractivity contribution is 5.72. The van der Waals surface area contributed by atoms with Gasteiger partial charge < -0.3 is 4.52 Å². The zero-order valence-corrected chi connectivity index (χ0v) is 13.1. The second-order valence-electron chi connectivity index (χ2n) is 6.16. The van der Waals surface area contributed by atoms with Crippen LogP contribution in [0.5, 0.6) is 0 Å². The summed E-state index contributed by atoms with van der Waals surface area (Å²) in [6.07, 6.45) is 5.27. The fraction of sp³-hybridized carbons (Fsp3) is 0.438. The van der Waals surface area contributed by atoms with Gasteiger partial charge in [-0.3, -0.25) is 0 Å². The Morgan fingerprint density at radius 1 is 1.26 bits per heavy atom. The van der Waals surface area contributed by atoms with E-state index in [0.717, 1.165) is 42.6 Å². The molecule has 0 bridgehead atoms. The molecular formula is C16H16N6O. The van der Waals surface area contributed by atoms with E-state index in [1.807, 2.05) is 19.9 Å². The number of nitriles is 1. The van der Waals surface area contributed by atoms with Gasteiger partial charge in [0.15, 0.2) is 5.65 Å². The Bertz CT molecular complexity index is 926. The van der Waals surface area contributed by atoms with Crippen molar-refractivity contribution in [2.24, 2.45) is 0 Å². The molecule has 0 spiro atoms. The topological polar surface area (TPSA) is 92.9 Å². The predicted octanol–water partition coefficient (Wildman–Crippen LogP) is 2.73. The molecule has 116 valence electrons. The summed E-state index contributed by atoms with van der Waals surface area (Å²) in [5.41, 5.74) is 2.69. The van der Waals surface area contributed by atoms with Crippen LogP contribution in [0.1, 0.15) is 43.0 Å². The molecule has 0 N–H and O–H groups in total. The number of hydrogen-bond donors (Lipinski definition) is 0. The van der Waals surface area contributed by atoms with E-state index in [4.69, 9.17) is 4.52 Å². The minimum absolute atomic E-state index is 0.413. The monoisotopic (exact) mass is 308 g/mol. The van der Waals surface area contributed by atoms with Crippen molar-refractivity contribution < 1.29 is 4.52 Å². The Morgan fingerprint density at radius 3 is 2.78 bits per heavy atom. The molecule has 0 amide bonds. The molecule has 1 fully saturated rings. The number of aromatic nitrogens is 5. The van der Waals surface area contributed by atoms with E-state index in [1.54, 1.807) is 10.7 Å². The van der Waals surface area contributed by atoms with Gasteiger partial charge >= 0.3 is 0 Å². The van der Waals surface area contributed by atoms with Crippen molar-refractivity contribution in [1.82, 2.24) is 24.7 Å². The molecule has 7 heteroatoms. The summed E-state index contributed by atoms with van der Waals surface area (Å²) in [6, 6.07) is 4.34. The van der Waals surface area contributed by atoms with E-state index in [9.17, 15) is 5.26 Å². The lowest BCUT2D eigenvalue weighted by atomic mass is 9.88. The van der Waals surface area contributed by atoms with Gasteiger partial charge in [0.05, 0.1) is 17.8 Å². The summed E-state index contributed by atoms with van der Waals surface area (Å²) < 4.78 is 7.19. The number of nitrogens with zero attached hydrogens (tertiary/aromatic N) is 6. The first-order valence-electron chi connectivity index (χ1n) is 7.71. The maximum absolute atomic E-state index is 9.55. The molecule has 0 aliphatic heterocycles. The molecule has 0 unspecified atom stereocenters. The molecule has 1 saturated carbocycles. The standard InChI is InChI=1S/C16H16N6O/c1-10-7-11(2)22-14(19-10)12(8-18-22)13-20-15(23-21-13)16(9-17)5-3-4-6-16/h7-8H,3-6H2,1-2H3. The normalized spacial score (nSPS) is 16.7. The van der Waals surface area contributed by atoms with Crippen LogP contribution >= 0.6 is 0 Å². The minimum Gasteiger partial charge on any atom is -0.337 e. The highest BCUT2D eigenvalue weighted by Gasteiger charge is 2.41. The fourth-order valence-corrected chi connectivity index (χ4v) is 3.31. The zero-order chi connectivity index (χ0) is 16.0. The lowest BCUT2D eigenvalue weighted by molar-refractivity contribution is 0.321. The number of aryl methyl sites for hydroxylation is 2.